The van der Waals surface area contributed by atoms with E-state index in [2.05, 4.69) is 9.88 Å². The van der Waals surface area contributed by atoms with Crippen LogP contribution in [0.1, 0.15) is 37.8 Å². The molecule has 1 aromatic carbocycles. The van der Waals surface area contributed by atoms with Crippen LogP contribution in [0.2, 0.25) is 5.02 Å². The van der Waals surface area contributed by atoms with E-state index in [-0.39, 0.29) is 0 Å². The molecule has 0 aliphatic carbocycles. The molecule has 3 nitrogen and oxygen atoms in total. The first-order valence-electron chi connectivity index (χ1n) is 7.74. The van der Waals surface area contributed by atoms with Crippen molar-refractivity contribution in [1.82, 2.24) is 9.88 Å². The molecule has 112 valence electrons. The van der Waals surface area contributed by atoms with Gasteiger partial charge in [0.25, 0.3) is 0 Å². The van der Waals surface area contributed by atoms with Crippen LogP contribution in [-0.4, -0.2) is 23.0 Å². The van der Waals surface area contributed by atoms with E-state index < -0.39 is 0 Å². The molecule has 4 heteroatoms. The fourth-order valence-corrected chi connectivity index (χ4v) is 3.05. The fourth-order valence-electron chi connectivity index (χ4n) is 2.84. The van der Waals surface area contributed by atoms with Gasteiger partial charge in [0, 0.05) is 6.54 Å². The predicted molar refractivity (Wildman–Crippen MR) is 85.3 cm³/mol. The van der Waals surface area contributed by atoms with Gasteiger partial charge in [0.2, 0.25) is 5.89 Å². The van der Waals surface area contributed by atoms with Gasteiger partial charge in [-0.05, 0) is 38.1 Å². The van der Waals surface area contributed by atoms with Crippen LogP contribution in [0.4, 0.5) is 0 Å². The van der Waals surface area contributed by atoms with Crippen LogP contribution in [0.25, 0.3) is 11.5 Å². The third-order valence-electron chi connectivity index (χ3n) is 3.99. The van der Waals surface area contributed by atoms with Crippen LogP contribution in [0.15, 0.2) is 34.9 Å². The first-order valence-corrected chi connectivity index (χ1v) is 8.12. The van der Waals surface area contributed by atoms with E-state index in [0.717, 1.165) is 30.9 Å². The SMILES string of the molecule is Clc1ccccc1-c1nc(CN2CCCCCCC2)co1. The molecule has 2 aromatic rings. The van der Waals surface area contributed by atoms with Crippen LogP contribution >= 0.6 is 11.6 Å². The molecular formula is C17H21ClN2O. The van der Waals surface area contributed by atoms with Crippen LogP contribution in [0, 0.1) is 0 Å². The summed E-state index contributed by atoms with van der Waals surface area (Å²) in [5.41, 5.74) is 1.85. The monoisotopic (exact) mass is 304 g/mol. The van der Waals surface area contributed by atoms with Gasteiger partial charge < -0.3 is 4.42 Å². The smallest absolute Gasteiger partial charge is 0.227 e. The predicted octanol–water partition coefficient (Wildman–Crippen LogP) is 4.76. The van der Waals surface area contributed by atoms with Gasteiger partial charge in [-0.25, -0.2) is 4.98 Å². The molecule has 21 heavy (non-hydrogen) atoms. The number of likely N-dealkylation sites (tertiary alicyclic amines) is 1. The topological polar surface area (TPSA) is 29.3 Å². The number of rotatable bonds is 3. The standard InChI is InChI=1S/C17H21ClN2O/c18-16-9-5-4-8-15(16)17-19-14(13-21-17)12-20-10-6-2-1-3-7-11-20/h4-5,8-9,13H,1-3,6-7,10-12H2. The second kappa shape index (κ2) is 7.10. The Labute approximate surface area is 130 Å². The number of hydrogen-bond donors (Lipinski definition) is 0. The molecular weight excluding hydrogens is 284 g/mol. The zero-order chi connectivity index (χ0) is 14.5. The molecule has 0 atom stereocenters. The summed E-state index contributed by atoms with van der Waals surface area (Å²) >= 11 is 6.19. The van der Waals surface area contributed by atoms with E-state index >= 15 is 0 Å². The molecule has 1 fully saturated rings. The zero-order valence-corrected chi connectivity index (χ0v) is 13.0. The van der Waals surface area contributed by atoms with E-state index in [9.17, 15) is 0 Å². The first kappa shape index (κ1) is 14.6. The molecule has 0 unspecified atom stereocenters. The number of nitrogens with zero attached hydrogens (tertiary/aromatic N) is 2. The molecule has 0 radical (unpaired) electrons. The van der Waals surface area contributed by atoms with E-state index in [0.29, 0.717) is 10.9 Å². The Morgan fingerprint density at radius 3 is 2.52 bits per heavy atom. The third kappa shape index (κ3) is 3.86. The van der Waals surface area contributed by atoms with Crippen molar-refractivity contribution in [3.05, 3.63) is 41.2 Å². The molecule has 2 heterocycles. The largest absolute Gasteiger partial charge is 0.444 e. The summed E-state index contributed by atoms with van der Waals surface area (Å²) in [7, 11) is 0. The van der Waals surface area contributed by atoms with Gasteiger partial charge in [-0.3, -0.25) is 4.90 Å². The lowest BCUT2D eigenvalue weighted by atomic mass is 10.1. The average Bonchev–Trinajstić information content (AvgIpc) is 2.90. The van der Waals surface area contributed by atoms with Gasteiger partial charge >= 0.3 is 0 Å². The minimum Gasteiger partial charge on any atom is -0.444 e. The minimum atomic E-state index is 0.614. The fraction of sp³-hybridized carbons (Fsp3) is 0.471. The van der Waals surface area contributed by atoms with E-state index in [1.54, 1.807) is 6.26 Å². The Morgan fingerprint density at radius 2 is 1.76 bits per heavy atom. The number of oxazole rings is 1. The second-order valence-electron chi connectivity index (χ2n) is 5.67. The van der Waals surface area contributed by atoms with Crippen molar-refractivity contribution in [3.8, 4) is 11.5 Å². The third-order valence-corrected chi connectivity index (χ3v) is 4.32. The maximum Gasteiger partial charge on any atom is 0.227 e. The highest BCUT2D eigenvalue weighted by molar-refractivity contribution is 6.33. The first-order chi connectivity index (χ1) is 10.3. The van der Waals surface area contributed by atoms with Crippen LogP contribution < -0.4 is 0 Å². The Balaban J connectivity index is 1.68. The lowest BCUT2D eigenvalue weighted by molar-refractivity contribution is 0.237. The van der Waals surface area contributed by atoms with Gasteiger partial charge in [-0.1, -0.05) is 43.0 Å². The molecule has 3 rings (SSSR count). The molecule has 1 aromatic heterocycles. The van der Waals surface area contributed by atoms with Crippen molar-refractivity contribution in [1.29, 1.82) is 0 Å². The number of benzene rings is 1. The highest BCUT2D eigenvalue weighted by Gasteiger charge is 2.13. The summed E-state index contributed by atoms with van der Waals surface area (Å²) in [5.74, 6) is 0.614. The van der Waals surface area contributed by atoms with E-state index in [1.807, 2.05) is 24.3 Å². The number of hydrogen-bond acceptors (Lipinski definition) is 3. The second-order valence-corrected chi connectivity index (χ2v) is 6.07. The van der Waals surface area contributed by atoms with Crippen LogP contribution in [-0.2, 0) is 6.54 Å². The summed E-state index contributed by atoms with van der Waals surface area (Å²) in [6.45, 7) is 3.19. The summed E-state index contributed by atoms with van der Waals surface area (Å²) in [4.78, 5) is 7.08. The Bertz CT molecular complexity index is 574. The molecule has 0 bridgehead atoms. The van der Waals surface area contributed by atoms with Crippen molar-refractivity contribution in [2.24, 2.45) is 0 Å². The highest BCUT2D eigenvalue weighted by atomic mass is 35.5. The molecule has 0 saturated carbocycles. The molecule has 1 aliphatic rings. The van der Waals surface area contributed by atoms with Gasteiger partial charge in [-0.15, -0.1) is 0 Å². The summed E-state index contributed by atoms with van der Waals surface area (Å²) in [5, 5.41) is 0.678. The summed E-state index contributed by atoms with van der Waals surface area (Å²) in [6, 6.07) is 7.66. The van der Waals surface area contributed by atoms with E-state index in [4.69, 9.17) is 16.0 Å². The molecule has 1 saturated heterocycles. The summed E-state index contributed by atoms with van der Waals surface area (Å²) < 4.78 is 5.61. The normalized spacial score (nSPS) is 17.4. The Morgan fingerprint density at radius 1 is 1.05 bits per heavy atom. The van der Waals surface area contributed by atoms with Crippen molar-refractivity contribution in [2.75, 3.05) is 13.1 Å². The van der Waals surface area contributed by atoms with Gasteiger partial charge in [0.1, 0.15) is 6.26 Å². The van der Waals surface area contributed by atoms with E-state index in [1.165, 1.54) is 32.1 Å². The minimum absolute atomic E-state index is 0.614. The van der Waals surface area contributed by atoms with Crippen molar-refractivity contribution < 1.29 is 4.42 Å². The quantitative estimate of drug-likeness (QED) is 0.818. The molecule has 1 aliphatic heterocycles. The maximum atomic E-state index is 6.19. The van der Waals surface area contributed by atoms with Crippen molar-refractivity contribution >= 4 is 11.6 Å². The molecule has 0 spiro atoms. The Kier molecular flexibility index (Phi) is 4.94. The number of aromatic nitrogens is 1. The average molecular weight is 305 g/mol. The maximum absolute atomic E-state index is 6.19. The molecule has 0 N–H and O–H groups in total. The van der Waals surface area contributed by atoms with Crippen molar-refractivity contribution in [2.45, 2.75) is 38.6 Å². The molecule has 0 amide bonds. The van der Waals surface area contributed by atoms with Gasteiger partial charge in [-0.2, -0.15) is 0 Å². The number of halogens is 1. The lowest BCUT2D eigenvalue weighted by Crippen LogP contribution is -2.26. The van der Waals surface area contributed by atoms with Gasteiger partial charge in [0.05, 0.1) is 16.3 Å². The summed E-state index contributed by atoms with van der Waals surface area (Å²) in [6.07, 6.45) is 8.41. The van der Waals surface area contributed by atoms with Crippen LogP contribution in [0.3, 0.4) is 0 Å². The van der Waals surface area contributed by atoms with Crippen molar-refractivity contribution in [3.63, 3.8) is 0 Å². The highest BCUT2D eigenvalue weighted by Crippen LogP contribution is 2.27. The van der Waals surface area contributed by atoms with Crippen LogP contribution in [0.5, 0.6) is 0 Å². The lowest BCUT2D eigenvalue weighted by Gasteiger charge is -2.23. The van der Waals surface area contributed by atoms with Gasteiger partial charge in [0.15, 0.2) is 0 Å². The zero-order valence-electron chi connectivity index (χ0n) is 12.2. The Hall–Kier alpha value is -1.32.